The summed E-state index contributed by atoms with van der Waals surface area (Å²) in [4.78, 5) is 24.5. The van der Waals surface area contributed by atoms with Crippen molar-refractivity contribution in [3.05, 3.63) is 30.4 Å². The van der Waals surface area contributed by atoms with Gasteiger partial charge in [-0.2, -0.15) is 4.98 Å². The summed E-state index contributed by atoms with van der Waals surface area (Å²) in [7, 11) is 4.01. The first-order valence-corrected chi connectivity index (χ1v) is 8.39. The van der Waals surface area contributed by atoms with Crippen LogP contribution in [0.1, 0.15) is 5.69 Å². The maximum Gasteiger partial charge on any atom is 0.227 e. The molecule has 126 valence electrons. The van der Waals surface area contributed by atoms with E-state index in [1.54, 1.807) is 6.33 Å². The van der Waals surface area contributed by atoms with Crippen LogP contribution in [0, 0.1) is 18.8 Å². The number of anilines is 3. The third kappa shape index (κ3) is 2.74. The molecular weight excluding hydrogens is 302 g/mol. The molecule has 2 aliphatic heterocycles. The van der Waals surface area contributed by atoms with Crippen molar-refractivity contribution in [3.63, 3.8) is 0 Å². The SMILES string of the molecule is Cc1cc(N2CC3CN(c4nccc(N(C)C)n4)CC3C2)ncn1. The van der Waals surface area contributed by atoms with E-state index in [1.165, 1.54) is 0 Å². The van der Waals surface area contributed by atoms with Crippen molar-refractivity contribution in [2.24, 2.45) is 11.8 Å². The van der Waals surface area contributed by atoms with E-state index in [-0.39, 0.29) is 0 Å². The van der Waals surface area contributed by atoms with Crippen LogP contribution in [-0.2, 0) is 0 Å². The van der Waals surface area contributed by atoms with Crippen LogP contribution in [-0.4, -0.2) is 60.2 Å². The third-order valence-electron chi connectivity index (χ3n) is 4.97. The van der Waals surface area contributed by atoms with Gasteiger partial charge < -0.3 is 14.7 Å². The van der Waals surface area contributed by atoms with Crippen LogP contribution in [0.2, 0.25) is 0 Å². The van der Waals surface area contributed by atoms with Gasteiger partial charge in [-0.05, 0) is 13.0 Å². The molecule has 0 saturated carbocycles. The molecule has 0 amide bonds. The summed E-state index contributed by atoms with van der Waals surface area (Å²) in [6, 6.07) is 4.02. The first-order valence-electron chi connectivity index (χ1n) is 8.39. The van der Waals surface area contributed by atoms with Gasteiger partial charge in [0.05, 0.1) is 0 Å². The van der Waals surface area contributed by atoms with Crippen LogP contribution in [0.3, 0.4) is 0 Å². The maximum absolute atomic E-state index is 4.68. The van der Waals surface area contributed by atoms with Gasteiger partial charge in [-0.3, -0.25) is 0 Å². The van der Waals surface area contributed by atoms with Crippen LogP contribution in [0.25, 0.3) is 0 Å². The molecule has 2 fully saturated rings. The number of aryl methyl sites for hydroxylation is 1. The lowest BCUT2D eigenvalue weighted by molar-refractivity contribution is 0.533. The summed E-state index contributed by atoms with van der Waals surface area (Å²) in [6.45, 7) is 6.14. The number of rotatable bonds is 3. The number of hydrogen-bond acceptors (Lipinski definition) is 7. The van der Waals surface area contributed by atoms with Crippen molar-refractivity contribution in [1.29, 1.82) is 0 Å². The van der Waals surface area contributed by atoms with Gasteiger partial charge in [0.2, 0.25) is 5.95 Å². The van der Waals surface area contributed by atoms with E-state index in [1.807, 2.05) is 38.2 Å². The monoisotopic (exact) mass is 325 g/mol. The number of fused-ring (bicyclic) bond motifs is 1. The van der Waals surface area contributed by atoms with E-state index < -0.39 is 0 Å². The van der Waals surface area contributed by atoms with Gasteiger partial charge in [0.25, 0.3) is 0 Å². The predicted molar refractivity (Wildman–Crippen MR) is 94.5 cm³/mol. The van der Waals surface area contributed by atoms with Gasteiger partial charge in [-0.1, -0.05) is 0 Å². The highest BCUT2D eigenvalue weighted by Gasteiger charge is 2.41. The Balaban J connectivity index is 1.45. The fraction of sp³-hybridized carbons (Fsp3) is 0.529. The minimum Gasteiger partial charge on any atom is -0.363 e. The highest BCUT2D eigenvalue weighted by atomic mass is 15.3. The summed E-state index contributed by atoms with van der Waals surface area (Å²) in [5, 5.41) is 0. The van der Waals surface area contributed by atoms with Crippen molar-refractivity contribution in [1.82, 2.24) is 19.9 Å². The molecule has 7 heteroatoms. The van der Waals surface area contributed by atoms with Gasteiger partial charge in [0, 0.05) is 70.1 Å². The van der Waals surface area contributed by atoms with E-state index in [4.69, 9.17) is 0 Å². The highest BCUT2D eigenvalue weighted by Crippen LogP contribution is 2.34. The summed E-state index contributed by atoms with van der Waals surface area (Å²) < 4.78 is 0. The Morgan fingerprint density at radius 3 is 2.38 bits per heavy atom. The second-order valence-electron chi connectivity index (χ2n) is 6.96. The molecule has 2 unspecified atom stereocenters. The molecular formula is C17H23N7. The minimum absolute atomic E-state index is 0.645. The van der Waals surface area contributed by atoms with E-state index in [9.17, 15) is 0 Å². The quantitative estimate of drug-likeness (QED) is 0.840. The topological polar surface area (TPSA) is 61.3 Å². The van der Waals surface area contributed by atoms with Crippen LogP contribution in [0.4, 0.5) is 17.6 Å². The molecule has 2 aromatic rings. The summed E-state index contributed by atoms with van der Waals surface area (Å²) in [5.74, 6) is 4.14. The van der Waals surface area contributed by atoms with Crippen molar-refractivity contribution in [2.75, 3.05) is 55.0 Å². The molecule has 2 saturated heterocycles. The molecule has 4 rings (SSSR count). The first kappa shape index (κ1) is 15.1. The van der Waals surface area contributed by atoms with Crippen molar-refractivity contribution >= 4 is 17.6 Å². The third-order valence-corrected chi connectivity index (χ3v) is 4.97. The van der Waals surface area contributed by atoms with Gasteiger partial charge >= 0.3 is 0 Å². The van der Waals surface area contributed by atoms with Gasteiger partial charge in [-0.25, -0.2) is 15.0 Å². The highest BCUT2D eigenvalue weighted by molar-refractivity contribution is 5.45. The average molecular weight is 325 g/mol. The zero-order valence-electron chi connectivity index (χ0n) is 14.4. The molecule has 0 aromatic carbocycles. The molecule has 0 spiro atoms. The normalized spacial score (nSPS) is 22.8. The summed E-state index contributed by atoms with van der Waals surface area (Å²) >= 11 is 0. The Bertz CT molecular complexity index is 718. The largest absolute Gasteiger partial charge is 0.363 e. The maximum atomic E-state index is 4.68. The molecule has 2 aromatic heterocycles. The van der Waals surface area contributed by atoms with Gasteiger partial charge in [-0.15, -0.1) is 0 Å². The lowest BCUT2D eigenvalue weighted by Crippen LogP contribution is -2.30. The molecule has 7 nitrogen and oxygen atoms in total. The van der Waals surface area contributed by atoms with Crippen LogP contribution < -0.4 is 14.7 Å². The Morgan fingerprint density at radius 2 is 1.71 bits per heavy atom. The lowest BCUT2D eigenvalue weighted by atomic mass is 10.0. The van der Waals surface area contributed by atoms with Crippen LogP contribution >= 0.6 is 0 Å². The van der Waals surface area contributed by atoms with Crippen molar-refractivity contribution in [2.45, 2.75) is 6.92 Å². The molecule has 4 heterocycles. The van der Waals surface area contributed by atoms with E-state index in [0.717, 1.165) is 49.5 Å². The number of nitrogens with zero attached hydrogens (tertiary/aromatic N) is 7. The summed E-state index contributed by atoms with van der Waals surface area (Å²) in [5.41, 5.74) is 1.02. The molecule has 0 N–H and O–H groups in total. The smallest absolute Gasteiger partial charge is 0.227 e. The fourth-order valence-corrected chi connectivity index (χ4v) is 3.70. The van der Waals surface area contributed by atoms with Gasteiger partial charge in [0.15, 0.2) is 0 Å². The van der Waals surface area contributed by atoms with E-state index in [0.29, 0.717) is 11.8 Å². The Hall–Kier alpha value is -2.44. The number of hydrogen-bond donors (Lipinski definition) is 0. The Labute approximate surface area is 142 Å². The minimum atomic E-state index is 0.645. The van der Waals surface area contributed by atoms with Gasteiger partial charge in [0.1, 0.15) is 18.0 Å². The molecule has 24 heavy (non-hydrogen) atoms. The molecule has 0 bridgehead atoms. The predicted octanol–water partition coefficient (Wildman–Crippen LogP) is 1.21. The summed E-state index contributed by atoms with van der Waals surface area (Å²) in [6.07, 6.45) is 3.51. The average Bonchev–Trinajstić information content (AvgIpc) is 3.14. The molecule has 2 atom stereocenters. The Kier molecular flexibility index (Phi) is 3.70. The molecule has 2 aliphatic rings. The Morgan fingerprint density at radius 1 is 1.00 bits per heavy atom. The zero-order chi connectivity index (χ0) is 16.7. The van der Waals surface area contributed by atoms with E-state index in [2.05, 4.69) is 35.8 Å². The lowest BCUT2D eigenvalue weighted by Gasteiger charge is -2.23. The van der Waals surface area contributed by atoms with Crippen molar-refractivity contribution in [3.8, 4) is 0 Å². The van der Waals surface area contributed by atoms with E-state index >= 15 is 0 Å². The van der Waals surface area contributed by atoms with Crippen LogP contribution in [0.15, 0.2) is 24.7 Å². The first-order chi connectivity index (χ1) is 11.6. The fourth-order valence-electron chi connectivity index (χ4n) is 3.70. The van der Waals surface area contributed by atoms with Crippen molar-refractivity contribution < 1.29 is 0 Å². The molecule has 0 radical (unpaired) electrons. The van der Waals surface area contributed by atoms with Crippen LogP contribution in [0.5, 0.6) is 0 Å². The second-order valence-corrected chi connectivity index (χ2v) is 6.96. The number of aromatic nitrogens is 4. The zero-order valence-corrected chi connectivity index (χ0v) is 14.4. The molecule has 0 aliphatic carbocycles. The second kappa shape index (κ2) is 5.89. The standard InChI is InChI=1S/C17H23N7/c1-12-6-16(20-11-19-12)23-7-13-9-24(10-14(13)8-23)17-18-5-4-15(21-17)22(2)3/h4-6,11,13-14H,7-10H2,1-3H3.